The van der Waals surface area contributed by atoms with Crippen molar-refractivity contribution < 1.29 is 0 Å². The fourth-order valence-corrected chi connectivity index (χ4v) is 3.85. The van der Waals surface area contributed by atoms with Crippen LogP contribution in [0, 0.1) is 0 Å². The number of fused-ring (bicyclic) bond motifs is 1. The van der Waals surface area contributed by atoms with Gasteiger partial charge in [-0.1, -0.05) is 31.9 Å². The average Bonchev–Trinajstić information content (AvgIpc) is 2.48. The molecule has 2 aliphatic heterocycles. The Labute approximate surface area is 123 Å². The highest BCUT2D eigenvalue weighted by Gasteiger charge is 2.32. The number of nitrogens with zero attached hydrogens (tertiary/aromatic N) is 2. The Bertz CT molecular complexity index is 426. The number of anilines is 1. The van der Waals surface area contributed by atoms with Crippen molar-refractivity contribution in [2.75, 3.05) is 24.5 Å². The smallest absolute Gasteiger partial charge is 0.0389 e. The SMILES string of the molecule is CCCc1ccc(N2CC3CCCCN3CC2C)cc1. The van der Waals surface area contributed by atoms with E-state index < -0.39 is 0 Å². The number of piperidine rings is 1. The lowest BCUT2D eigenvalue weighted by Crippen LogP contribution is -2.58. The molecule has 2 heterocycles. The topological polar surface area (TPSA) is 6.48 Å². The van der Waals surface area contributed by atoms with Crippen LogP contribution in [0.1, 0.15) is 45.1 Å². The van der Waals surface area contributed by atoms with Crippen molar-refractivity contribution in [1.29, 1.82) is 0 Å². The number of hydrogen-bond acceptors (Lipinski definition) is 2. The van der Waals surface area contributed by atoms with E-state index in [9.17, 15) is 0 Å². The molecular weight excluding hydrogens is 244 g/mol. The zero-order chi connectivity index (χ0) is 13.9. The molecule has 2 unspecified atom stereocenters. The maximum atomic E-state index is 2.72. The highest BCUT2D eigenvalue weighted by atomic mass is 15.3. The molecule has 0 aromatic heterocycles. The average molecular weight is 272 g/mol. The summed E-state index contributed by atoms with van der Waals surface area (Å²) in [5.74, 6) is 0. The van der Waals surface area contributed by atoms with Gasteiger partial charge < -0.3 is 4.90 Å². The van der Waals surface area contributed by atoms with E-state index in [0.29, 0.717) is 6.04 Å². The summed E-state index contributed by atoms with van der Waals surface area (Å²) in [6.45, 7) is 8.40. The van der Waals surface area contributed by atoms with E-state index >= 15 is 0 Å². The van der Waals surface area contributed by atoms with Gasteiger partial charge in [-0.05, 0) is 50.4 Å². The Morgan fingerprint density at radius 3 is 2.65 bits per heavy atom. The Kier molecular flexibility index (Phi) is 4.30. The molecule has 2 fully saturated rings. The quantitative estimate of drug-likeness (QED) is 0.828. The molecule has 20 heavy (non-hydrogen) atoms. The minimum atomic E-state index is 0.640. The van der Waals surface area contributed by atoms with E-state index in [1.165, 1.54) is 63.0 Å². The molecule has 2 atom stereocenters. The third-order valence-corrected chi connectivity index (χ3v) is 4.99. The van der Waals surface area contributed by atoms with Crippen molar-refractivity contribution in [2.24, 2.45) is 0 Å². The maximum Gasteiger partial charge on any atom is 0.0389 e. The zero-order valence-electron chi connectivity index (χ0n) is 13.0. The highest BCUT2D eigenvalue weighted by molar-refractivity contribution is 5.49. The summed E-state index contributed by atoms with van der Waals surface area (Å²) in [6.07, 6.45) is 6.63. The van der Waals surface area contributed by atoms with E-state index in [2.05, 4.69) is 47.9 Å². The molecule has 0 bridgehead atoms. The summed E-state index contributed by atoms with van der Waals surface area (Å²) >= 11 is 0. The predicted octanol–water partition coefficient (Wildman–Crippen LogP) is 3.70. The van der Waals surface area contributed by atoms with E-state index in [-0.39, 0.29) is 0 Å². The number of hydrogen-bond donors (Lipinski definition) is 0. The second-order valence-corrected chi connectivity index (χ2v) is 6.56. The van der Waals surface area contributed by atoms with Crippen LogP contribution in [0.25, 0.3) is 0 Å². The molecule has 3 rings (SSSR count). The normalized spacial score (nSPS) is 27.4. The molecule has 0 amide bonds. The standard InChI is InChI=1S/C18H28N2/c1-3-6-16-8-10-17(11-9-16)20-14-18-7-4-5-12-19(18)13-15(20)2/h8-11,15,18H,3-7,12-14H2,1-2H3. The molecular formula is C18H28N2. The lowest BCUT2D eigenvalue weighted by Gasteiger charge is -2.48. The minimum Gasteiger partial charge on any atom is -0.366 e. The van der Waals surface area contributed by atoms with Crippen molar-refractivity contribution >= 4 is 5.69 Å². The summed E-state index contributed by atoms with van der Waals surface area (Å²) in [4.78, 5) is 5.35. The lowest BCUT2D eigenvalue weighted by atomic mass is 9.96. The first-order valence-electron chi connectivity index (χ1n) is 8.37. The molecule has 2 nitrogen and oxygen atoms in total. The molecule has 0 spiro atoms. The number of benzene rings is 1. The van der Waals surface area contributed by atoms with E-state index in [0.717, 1.165) is 6.04 Å². The summed E-state index contributed by atoms with van der Waals surface area (Å²) in [5, 5.41) is 0. The summed E-state index contributed by atoms with van der Waals surface area (Å²) in [6, 6.07) is 10.7. The second kappa shape index (κ2) is 6.17. The van der Waals surface area contributed by atoms with E-state index in [1.807, 2.05) is 0 Å². The second-order valence-electron chi connectivity index (χ2n) is 6.56. The Morgan fingerprint density at radius 1 is 1.10 bits per heavy atom. The molecule has 2 saturated heterocycles. The van der Waals surface area contributed by atoms with Gasteiger partial charge in [-0.2, -0.15) is 0 Å². The molecule has 0 saturated carbocycles. The molecule has 1 aromatic carbocycles. The van der Waals surface area contributed by atoms with Crippen LogP contribution in [0.5, 0.6) is 0 Å². The van der Waals surface area contributed by atoms with Crippen LogP contribution in [0.2, 0.25) is 0 Å². The van der Waals surface area contributed by atoms with Gasteiger partial charge in [0.25, 0.3) is 0 Å². The molecule has 2 heteroatoms. The van der Waals surface area contributed by atoms with Crippen LogP contribution in [-0.4, -0.2) is 36.6 Å². The maximum absolute atomic E-state index is 2.72. The number of aryl methyl sites for hydroxylation is 1. The van der Waals surface area contributed by atoms with Crippen molar-refractivity contribution in [2.45, 2.75) is 58.0 Å². The Hall–Kier alpha value is -1.02. The minimum absolute atomic E-state index is 0.640. The van der Waals surface area contributed by atoms with Gasteiger partial charge in [0.1, 0.15) is 0 Å². The molecule has 0 aliphatic carbocycles. The van der Waals surface area contributed by atoms with Crippen molar-refractivity contribution in [1.82, 2.24) is 4.90 Å². The zero-order valence-corrected chi connectivity index (χ0v) is 13.0. The number of piperazine rings is 1. The van der Waals surface area contributed by atoms with Gasteiger partial charge in [0.2, 0.25) is 0 Å². The van der Waals surface area contributed by atoms with Gasteiger partial charge in [-0.3, -0.25) is 4.90 Å². The number of rotatable bonds is 3. The van der Waals surface area contributed by atoms with E-state index in [4.69, 9.17) is 0 Å². The third kappa shape index (κ3) is 2.85. The highest BCUT2D eigenvalue weighted by Crippen LogP contribution is 2.28. The van der Waals surface area contributed by atoms with Crippen LogP contribution in [0.3, 0.4) is 0 Å². The van der Waals surface area contributed by atoms with Gasteiger partial charge in [0.15, 0.2) is 0 Å². The first-order valence-corrected chi connectivity index (χ1v) is 8.37. The van der Waals surface area contributed by atoms with E-state index in [1.54, 1.807) is 0 Å². The van der Waals surface area contributed by atoms with Crippen LogP contribution in [0.4, 0.5) is 5.69 Å². The molecule has 0 N–H and O–H groups in total. The van der Waals surface area contributed by atoms with Crippen LogP contribution < -0.4 is 4.90 Å². The molecule has 1 aromatic rings. The van der Waals surface area contributed by atoms with Gasteiger partial charge in [0.05, 0.1) is 0 Å². The fraction of sp³-hybridized carbons (Fsp3) is 0.667. The monoisotopic (exact) mass is 272 g/mol. The summed E-state index contributed by atoms with van der Waals surface area (Å²) in [5.41, 5.74) is 2.89. The van der Waals surface area contributed by atoms with Gasteiger partial charge in [-0.15, -0.1) is 0 Å². The van der Waals surface area contributed by atoms with Crippen molar-refractivity contribution in [3.8, 4) is 0 Å². The van der Waals surface area contributed by atoms with Crippen LogP contribution >= 0.6 is 0 Å². The molecule has 110 valence electrons. The third-order valence-electron chi connectivity index (χ3n) is 4.99. The first kappa shape index (κ1) is 13.9. The van der Waals surface area contributed by atoms with Gasteiger partial charge in [0, 0.05) is 30.9 Å². The lowest BCUT2D eigenvalue weighted by molar-refractivity contribution is 0.115. The first-order chi connectivity index (χ1) is 9.78. The van der Waals surface area contributed by atoms with Gasteiger partial charge in [-0.25, -0.2) is 0 Å². The molecule has 0 radical (unpaired) electrons. The predicted molar refractivity (Wildman–Crippen MR) is 86.5 cm³/mol. The van der Waals surface area contributed by atoms with Crippen molar-refractivity contribution in [3.05, 3.63) is 29.8 Å². The van der Waals surface area contributed by atoms with Gasteiger partial charge >= 0.3 is 0 Å². The largest absolute Gasteiger partial charge is 0.366 e. The fourth-order valence-electron chi connectivity index (χ4n) is 3.85. The summed E-state index contributed by atoms with van der Waals surface area (Å²) < 4.78 is 0. The Morgan fingerprint density at radius 2 is 1.90 bits per heavy atom. The van der Waals surface area contributed by atoms with Crippen LogP contribution in [-0.2, 0) is 6.42 Å². The molecule has 2 aliphatic rings. The Balaban J connectivity index is 1.72. The van der Waals surface area contributed by atoms with Crippen molar-refractivity contribution in [3.63, 3.8) is 0 Å². The summed E-state index contributed by atoms with van der Waals surface area (Å²) in [7, 11) is 0. The van der Waals surface area contributed by atoms with Crippen LogP contribution in [0.15, 0.2) is 24.3 Å².